The van der Waals surface area contributed by atoms with Gasteiger partial charge in [0.2, 0.25) is 5.91 Å². The summed E-state index contributed by atoms with van der Waals surface area (Å²) < 4.78 is 0. The third-order valence-electron chi connectivity index (χ3n) is 3.21. The zero-order valence-corrected chi connectivity index (χ0v) is 9.79. The van der Waals surface area contributed by atoms with Crippen molar-refractivity contribution in [1.29, 1.82) is 0 Å². The van der Waals surface area contributed by atoms with Crippen LogP contribution < -0.4 is 4.90 Å². The Morgan fingerprint density at radius 3 is 2.67 bits per heavy atom. The Hall–Kier alpha value is -1.31. The van der Waals surface area contributed by atoms with E-state index >= 15 is 0 Å². The number of hydrogen-bond donors (Lipinski definition) is 0. The second kappa shape index (κ2) is 3.09. The Morgan fingerprint density at radius 1 is 1.33 bits per heavy atom. The molecule has 1 aliphatic heterocycles. The number of hydrogen-bond acceptors (Lipinski definition) is 1. The van der Waals surface area contributed by atoms with Crippen LogP contribution >= 0.6 is 0 Å². The summed E-state index contributed by atoms with van der Waals surface area (Å²) in [5.74, 6) is 0.207. The fourth-order valence-corrected chi connectivity index (χ4v) is 2.22. The van der Waals surface area contributed by atoms with E-state index in [4.69, 9.17) is 0 Å². The summed E-state index contributed by atoms with van der Waals surface area (Å²) in [5.41, 5.74) is 3.50. The summed E-state index contributed by atoms with van der Waals surface area (Å²) in [6.45, 7) is 6.32. The molecule has 0 unspecified atom stereocenters. The number of amides is 1. The normalized spacial score (nSPS) is 18.9. The Bertz CT molecular complexity index is 421. The molecule has 1 heterocycles. The fourth-order valence-electron chi connectivity index (χ4n) is 2.22. The first-order valence-corrected chi connectivity index (χ1v) is 5.29. The molecule has 2 heteroatoms. The predicted octanol–water partition coefficient (Wildman–Crippen LogP) is 2.64. The van der Waals surface area contributed by atoms with E-state index in [1.54, 1.807) is 4.90 Å². The second-order valence-corrected chi connectivity index (χ2v) is 5.03. The number of anilines is 1. The van der Waals surface area contributed by atoms with Crippen LogP contribution in [0.25, 0.3) is 0 Å². The lowest BCUT2D eigenvalue weighted by Gasteiger charge is -2.37. The Labute approximate surface area is 90.9 Å². The van der Waals surface area contributed by atoms with Gasteiger partial charge in [-0.05, 0) is 24.1 Å². The molecule has 0 radical (unpaired) electrons. The van der Waals surface area contributed by atoms with Gasteiger partial charge < -0.3 is 4.90 Å². The molecule has 2 nitrogen and oxygen atoms in total. The molecule has 0 bridgehead atoms. The van der Waals surface area contributed by atoms with Crippen molar-refractivity contribution in [2.24, 2.45) is 0 Å². The fraction of sp³-hybridized carbons (Fsp3) is 0.462. The van der Waals surface area contributed by atoms with Crippen LogP contribution in [-0.2, 0) is 10.2 Å². The maximum atomic E-state index is 11.8. The molecule has 0 aliphatic carbocycles. The zero-order chi connectivity index (χ0) is 11.2. The van der Waals surface area contributed by atoms with Gasteiger partial charge in [0.1, 0.15) is 0 Å². The maximum Gasteiger partial charge on any atom is 0.227 e. The van der Waals surface area contributed by atoms with Gasteiger partial charge in [-0.25, -0.2) is 0 Å². The molecule has 1 aromatic carbocycles. The molecule has 80 valence electrons. The van der Waals surface area contributed by atoms with Crippen LogP contribution in [-0.4, -0.2) is 13.0 Å². The van der Waals surface area contributed by atoms with E-state index in [9.17, 15) is 4.79 Å². The Morgan fingerprint density at radius 2 is 2.00 bits per heavy atom. The third kappa shape index (κ3) is 1.54. The minimum Gasteiger partial charge on any atom is -0.315 e. The van der Waals surface area contributed by atoms with Gasteiger partial charge in [-0.1, -0.05) is 26.0 Å². The molecule has 0 N–H and O–H groups in total. The van der Waals surface area contributed by atoms with Gasteiger partial charge in [0, 0.05) is 24.6 Å². The second-order valence-electron chi connectivity index (χ2n) is 5.03. The average Bonchev–Trinajstić information content (AvgIpc) is 2.13. The topological polar surface area (TPSA) is 20.3 Å². The van der Waals surface area contributed by atoms with Crippen molar-refractivity contribution in [3.63, 3.8) is 0 Å². The molecule has 0 spiro atoms. The smallest absolute Gasteiger partial charge is 0.227 e. The lowest BCUT2D eigenvalue weighted by molar-refractivity contribution is -0.119. The average molecular weight is 203 g/mol. The van der Waals surface area contributed by atoms with Crippen LogP contribution in [0.5, 0.6) is 0 Å². The summed E-state index contributed by atoms with van der Waals surface area (Å²) in [6, 6.07) is 6.35. The highest BCUT2D eigenvalue weighted by Crippen LogP contribution is 2.39. The highest BCUT2D eigenvalue weighted by Gasteiger charge is 2.34. The number of benzene rings is 1. The minimum absolute atomic E-state index is 0.0351. The number of carbonyl (C=O) groups is 1. The highest BCUT2D eigenvalue weighted by molar-refractivity contribution is 5.97. The van der Waals surface area contributed by atoms with Crippen LogP contribution in [0.4, 0.5) is 5.69 Å². The van der Waals surface area contributed by atoms with E-state index in [0.29, 0.717) is 6.42 Å². The monoisotopic (exact) mass is 203 g/mol. The van der Waals surface area contributed by atoms with Gasteiger partial charge in [-0.3, -0.25) is 4.79 Å². The van der Waals surface area contributed by atoms with E-state index < -0.39 is 0 Å². The van der Waals surface area contributed by atoms with Crippen LogP contribution in [0.15, 0.2) is 18.2 Å². The lowest BCUT2D eigenvalue weighted by Crippen LogP contribution is -2.39. The van der Waals surface area contributed by atoms with Crippen molar-refractivity contribution in [1.82, 2.24) is 0 Å². The van der Waals surface area contributed by atoms with Gasteiger partial charge in [0.15, 0.2) is 0 Å². The van der Waals surface area contributed by atoms with Crippen molar-refractivity contribution in [2.45, 2.75) is 32.6 Å². The number of nitrogens with zero attached hydrogens (tertiary/aromatic N) is 1. The molecule has 0 saturated heterocycles. The summed E-state index contributed by atoms with van der Waals surface area (Å²) in [6.07, 6.45) is 0.597. The summed E-state index contributed by atoms with van der Waals surface area (Å²) >= 11 is 0. The van der Waals surface area contributed by atoms with Gasteiger partial charge in [0.25, 0.3) is 0 Å². The predicted molar refractivity (Wildman–Crippen MR) is 62.2 cm³/mol. The van der Waals surface area contributed by atoms with Crippen LogP contribution in [0, 0.1) is 6.92 Å². The van der Waals surface area contributed by atoms with E-state index in [-0.39, 0.29) is 11.3 Å². The van der Waals surface area contributed by atoms with E-state index in [1.807, 2.05) is 7.05 Å². The van der Waals surface area contributed by atoms with Crippen LogP contribution in [0.3, 0.4) is 0 Å². The quantitative estimate of drug-likeness (QED) is 0.634. The van der Waals surface area contributed by atoms with Crippen molar-refractivity contribution in [3.05, 3.63) is 29.3 Å². The first-order valence-electron chi connectivity index (χ1n) is 5.29. The molecule has 0 aromatic heterocycles. The van der Waals surface area contributed by atoms with Crippen molar-refractivity contribution in [3.8, 4) is 0 Å². The van der Waals surface area contributed by atoms with Crippen LogP contribution in [0.1, 0.15) is 31.4 Å². The third-order valence-corrected chi connectivity index (χ3v) is 3.21. The zero-order valence-electron chi connectivity index (χ0n) is 9.79. The summed E-state index contributed by atoms with van der Waals surface area (Å²) in [5, 5.41) is 0. The van der Waals surface area contributed by atoms with Gasteiger partial charge in [-0.15, -0.1) is 0 Å². The Balaban J connectivity index is 2.64. The molecular formula is C13H17NO. The van der Waals surface area contributed by atoms with Crippen molar-refractivity contribution >= 4 is 11.6 Å². The molecule has 1 amide bonds. The first-order chi connectivity index (χ1) is 6.92. The van der Waals surface area contributed by atoms with Gasteiger partial charge >= 0.3 is 0 Å². The van der Waals surface area contributed by atoms with Gasteiger partial charge in [-0.2, -0.15) is 0 Å². The largest absolute Gasteiger partial charge is 0.315 e. The molecule has 0 saturated carbocycles. The van der Waals surface area contributed by atoms with Crippen LogP contribution in [0.2, 0.25) is 0 Å². The van der Waals surface area contributed by atoms with E-state index in [0.717, 1.165) is 5.69 Å². The van der Waals surface area contributed by atoms with E-state index in [2.05, 4.69) is 39.0 Å². The molecule has 0 fully saturated rings. The summed E-state index contributed by atoms with van der Waals surface area (Å²) in [7, 11) is 1.86. The van der Waals surface area contributed by atoms with Crippen molar-refractivity contribution in [2.75, 3.05) is 11.9 Å². The molecule has 1 aromatic rings. The highest BCUT2D eigenvalue weighted by atomic mass is 16.2. The standard InChI is InChI=1S/C13H17NO/c1-9-5-6-10-11(7-9)14(4)12(15)8-13(10,2)3/h5-7H,8H2,1-4H3. The number of rotatable bonds is 0. The van der Waals surface area contributed by atoms with E-state index in [1.165, 1.54) is 11.1 Å². The molecular weight excluding hydrogens is 186 g/mol. The van der Waals surface area contributed by atoms with Gasteiger partial charge in [0.05, 0.1) is 0 Å². The maximum absolute atomic E-state index is 11.8. The number of fused-ring (bicyclic) bond motifs is 1. The number of carbonyl (C=O) groups excluding carboxylic acids is 1. The molecule has 15 heavy (non-hydrogen) atoms. The minimum atomic E-state index is -0.0351. The number of aryl methyl sites for hydroxylation is 1. The molecule has 1 aliphatic rings. The SMILES string of the molecule is Cc1ccc2c(c1)N(C)C(=O)CC2(C)C. The summed E-state index contributed by atoms with van der Waals surface area (Å²) in [4.78, 5) is 13.6. The first kappa shape index (κ1) is 10.2. The molecule has 0 atom stereocenters. The lowest BCUT2D eigenvalue weighted by atomic mass is 9.77. The Kier molecular flexibility index (Phi) is 2.10. The van der Waals surface area contributed by atoms with Crippen molar-refractivity contribution < 1.29 is 4.79 Å². The molecule has 2 rings (SSSR count).